The minimum Gasteiger partial charge on any atom is -0.469 e. The molecule has 48 heavy (non-hydrogen) atoms. The number of hydrogen-bond acceptors (Lipinski definition) is 9. The maximum atomic E-state index is 11.3. The zero-order chi connectivity index (χ0) is 33.7. The Bertz CT molecular complexity index is 1930. The number of hydrogen-bond donors (Lipinski definition) is 3. The summed E-state index contributed by atoms with van der Waals surface area (Å²) in [4.78, 5) is 20.6. The smallest absolute Gasteiger partial charge is 0.305 e. The van der Waals surface area contributed by atoms with Crippen LogP contribution in [0.15, 0.2) is 93.8 Å². The summed E-state index contributed by atoms with van der Waals surface area (Å²) in [6.45, 7) is 5.35. The van der Waals surface area contributed by atoms with Gasteiger partial charge in [-0.25, -0.2) is 9.97 Å². The van der Waals surface area contributed by atoms with Crippen molar-refractivity contribution in [2.24, 2.45) is 0 Å². The van der Waals surface area contributed by atoms with E-state index >= 15 is 0 Å². The van der Waals surface area contributed by atoms with Gasteiger partial charge >= 0.3 is 5.97 Å². The molecule has 0 bridgehead atoms. The lowest BCUT2D eigenvalue weighted by atomic mass is 10.0. The second-order valence-corrected chi connectivity index (χ2v) is 11.7. The van der Waals surface area contributed by atoms with Gasteiger partial charge in [-0.05, 0) is 118 Å². The van der Waals surface area contributed by atoms with E-state index in [4.69, 9.17) is 13.9 Å². The molecular weight excluding hydrogens is 604 g/mol. The number of anilines is 2. The van der Waals surface area contributed by atoms with Crippen LogP contribution in [0.25, 0.3) is 21.8 Å². The van der Waals surface area contributed by atoms with E-state index < -0.39 is 0 Å². The molecule has 0 radical (unpaired) electrons. The highest BCUT2D eigenvalue weighted by Gasteiger charge is 2.07. The van der Waals surface area contributed by atoms with E-state index in [1.165, 1.54) is 23.6 Å². The van der Waals surface area contributed by atoms with Crippen molar-refractivity contribution in [2.45, 2.75) is 65.5 Å². The fourth-order valence-corrected chi connectivity index (χ4v) is 5.54. The first kappa shape index (κ1) is 34.2. The third-order valence-electron chi connectivity index (χ3n) is 8.03. The van der Waals surface area contributed by atoms with Crippen LogP contribution in [-0.2, 0) is 35.5 Å². The van der Waals surface area contributed by atoms with Crippen molar-refractivity contribution in [1.82, 2.24) is 9.97 Å². The third kappa shape index (κ3) is 9.68. The fraction of sp³-hybridized carbons (Fsp3) is 0.308. The second-order valence-electron chi connectivity index (χ2n) is 11.7. The van der Waals surface area contributed by atoms with Crippen molar-refractivity contribution in [3.63, 3.8) is 0 Å². The number of carbonyl (C=O) groups is 1. The number of nitrogens with one attached hydrogen (secondary N) is 2. The van der Waals surface area contributed by atoms with Gasteiger partial charge in [-0.1, -0.05) is 24.3 Å². The van der Waals surface area contributed by atoms with Crippen molar-refractivity contribution in [3.05, 3.63) is 119 Å². The summed E-state index contributed by atoms with van der Waals surface area (Å²) >= 11 is 0. The van der Waals surface area contributed by atoms with E-state index in [9.17, 15) is 4.79 Å². The van der Waals surface area contributed by atoms with Crippen LogP contribution in [0, 0.1) is 13.8 Å². The number of aliphatic hydroxyl groups excluding tert-OH is 1. The van der Waals surface area contributed by atoms with Crippen molar-refractivity contribution >= 4 is 39.4 Å². The first-order valence-corrected chi connectivity index (χ1v) is 16.4. The normalized spacial score (nSPS) is 10.9. The topological polar surface area (TPSA) is 123 Å². The van der Waals surface area contributed by atoms with E-state index in [1.54, 1.807) is 0 Å². The summed E-state index contributed by atoms with van der Waals surface area (Å²) in [5.74, 6) is 5.10. The summed E-state index contributed by atoms with van der Waals surface area (Å²) in [6.07, 6.45) is 4.83. The van der Waals surface area contributed by atoms with Gasteiger partial charge in [0, 0.05) is 23.8 Å². The summed E-state index contributed by atoms with van der Waals surface area (Å²) < 4.78 is 15.8. The number of ether oxygens (including phenoxy) is 1. The Morgan fingerprint density at radius 3 is 1.67 bits per heavy atom. The number of unbranched alkanes of at least 4 members (excludes halogenated alkanes) is 1. The monoisotopic (exact) mass is 648 g/mol. The van der Waals surface area contributed by atoms with Gasteiger partial charge in [-0.2, -0.15) is 0 Å². The van der Waals surface area contributed by atoms with Crippen LogP contribution in [-0.4, -0.2) is 34.8 Å². The van der Waals surface area contributed by atoms with Gasteiger partial charge < -0.3 is 29.3 Å². The van der Waals surface area contributed by atoms with E-state index in [1.807, 2.05) is 74.5 Å². The van der Waals surface area contributed by atoms with Gasteiger partial charge in [0.05, 0.1) is 31.2 Å². The zero-order valence-corrected chi connectivity index (χ0v) is 27.9. The largest absolute Gasteiger partial charge is 0.469 e. The lowest BCUT2D eigenvalue weighted by Crippen LogP contribution is -2.02. The van der Waals surface area contributed by atoms with Crippen LogP contribution >= 0.6 is 0 Å². The van der Waals surface area contributed by atoms with Gasteiger partial charge in [0.25, 0.3) is 0 Å². The molecule has 0 unspecified atom stereocenters. The fourth-order valence-electron chi connectivity index (χ4n) is 5.54. The number of furan rings is 2. The first-order chi connectivity index (χ1) is 23.4. The van der Waals surface area contributed by atoms with Crippen LogP contribution in [0.4, 0.5) is 11.6 Å². The number of aryl methyl sites for hydroxylation is 4. The van der Waals surface area contributed by atoms with Crippen LogP contribution < -0.4 is 10.6 Å². The number of methoxy groups -OCH3 is 1. The molecule has 0 saturated carbocycles. The molecule has 6 rings (SSSR count). The predicted octanol–water partition coefficient (Wildman–Crippen LogP) is 8.31. The van der Waals surface area contributed by atoms with Crippen LogP contribution in [0.2, 0.25) is 0 Å². The molecule has 6 aromatic rings. The molecule has 0 aliphatic rings. The number of fused-ring (bicyclic) bond motifs is 2. The zero-order valence-electron chi connectivity index (χ0n) is 27.9. The van der Waals surface area contributed by atoms with Gasteiger partial charge in [0.15, 0.2) is 0 Å². The van der Waals surface area contributed by atoms with Crippen molar-refractivity contribution in [3.8, 4) is 0 Å². The number of aliphatic hydroxyl groups is 1. The summed E-state index contributed by atoms with van der Waals surface area (Å²) in [6, 6.07) is 28.3. The molecule has 9 nitrogen and oxygen atoms in total. The second kappa shape index (κ2) is 17.1. The highest BCUT2D eigenvalue weighted by Crippen LogP contribution is 2.23. The Morgan fingerprint density at radius 1 is 0.688 bits per heavy atom. The number of pyridine rings is 2. The van der Waals surface area contributed by atoms with Gasteiger partial charge in [0.2, 0.25) is 0 Å². The van der Waals surface area contributed by atoms with Crippen molar-refractivity contribution < 1.29 is 23.5 Å². The number of nitrogens with zero attached hydrogens (tertiary/aromatic N) is 2. The summed E-state index contributed by atoms with van der Waals surface area (Å²) in [5, 5.41) is 17.8. The maximum Gasteiger partial charge on any atom is 0.305 e. The average molecular weight is 649 g/mol. The van der Waals surface area contributed by atoms with Crippen LogP contribution in [0.1, 0.15) is 59.9 Å². The highest BCUT2D eigenvalue weighted by molar-refractivity contribution is 5.84. The molecule has 0 aliphatic carbocycles. The van der Waals surface area contributed by atoms with E-state index in [0.717, 1.165) is 83.2 Å². The molecule has 0 fully saturated rings. The Hall–Kier alpha value is -5.15. The Kier molecular flexibility index (Phi) is 12.2. The van der Waals surface area contributed by atoms with Crippen LogP contribution in [0.3, 0.4) is 0 Å². The Morgan fingerprint density at radius 2 is 1.21 bits per heavy atom. The molecule has 4 heterocycles. The minimum atomic E-state index is -0.169. The summed E-state index contributed by atoms with van der Waals surface area (Å²) in [7, 11) is 1.42. The Labute approximate surface area is 281 Å². The lowest BCUT2D eigenvalue weighted by Gasteiger charge is -2.09. The summed E-state index contributed by atoms with van der Waals surface area (Å²) in [5.41, 5.74) is 4.42. The molecule has 250 valence electrons. The van der Waals surface area contributed by atoms with E-state index in [2.05, 4.69) is 49.6 Å². The molecule has 0 aliphatic heterocycles. The van der Waals surface area contributed by atoms with Crippen molar-refractivity contribution in [1.29, 1.82) is 0 Å². The predicted molar refractivity (Wildman–Crippen MR) is 190 cm³/mol. The minimum absolute atomic E-state index is 0.169. The standard InChI is InChI=1S/C20H22N2O3.C19H22N2O2/c1-14-9-10-16(25-14)13-21-19-12-11-17-15(5-3-7-18(17)22-19)6-4-8-20(23)24-2;1-14-8-9-16(23-14)13-20-19-11-10-17-15(5-2-3-12-22)6-4-7-18(17)21-19/h3,5,7,9-12H,4,6,8,13H2,1-2H3,(H,21,22);4,6-11,22H,2-3,5,12-13H2,1H3,(H,20,21). The molecule has 0 saturated heterocycles. The highest BCUT2D eigenvalue weighted by atomic mass is 16.5. The maximum absolute atomic E-state index is 11.3. The van der Waals surface area contributed by atoms with E-state index in [0.29, 0.717) is 19.5 Å². The SMILES string of the molecule is COC(=O)CCCc1cccc2nc(NCc3ccc(C)o3)ccc12.Cc1ccc(CNc2ccc3c(CCCCO)cccc3n2)o1. The lowest BCUT2D eigenvalue weighted by molar-refractivity contribution is -0.140. The van der Waals surface area contributed by atoms with Gasteiger partial charge in [0.1, 0.15) is 34.7 Å². The molecular formula is C39H44N4O5. The molecule has 0 spiro atoms. The first-order valence-electron chi connectivity index (χ1n) is 16.4. The molecule has 9 heteroatoms. The molecule has 4 aromatic heterocycles. The van der Waals surface area contributed by atoms with Crippen LogP contribution in [0.5, 0.6) is 0 Å². The number of benzene rings is 2. The molecule has 3 N–H and O–H groups in total. The number of rotatable bonds is 14. The molecule has 0 atom stereocenters. The third-order valence-corrected chi connectivity index (χ3v) is 8.03. The quantitative estimate of drug-likeness (QED) is 0.0790. The molecule has 0 amide bonds. The van der Waals surface area contributed by atoms with Gasteiger partial charge in [-0.15, -0.1) is 0 Å². The van der Waals surface area contributed by atoms with Gasteiger partial charge in [-0.3, -0.25) is 4.79 Å². The number of carbonyl (C=O) groups excluding carboxylic acids is 1. The number of esters is 1. The van der Waals surface area contributed by atoms with E-state index in [-0.39, 0.29) is 12.6 Å². The number of aromatic nitrogens is 2. The van der Waals surface area contributed by atoms with Crippen molar-refractivity contribution in [2.75, 3.05) is 24.4 Å². The Balaban J connectivity index is 0.000000188. The molecule has 2 aromatic carbocycles. The average Bonchev–Trinajstić information content (AvgIpc) is 3.73.